The first-order valence-electron chi connectivity index (χ1n) is 2.71. The molecule has 0 fully saturated rings. The molecule has 51 valence electrons. The van der Waals surface area contributed by atoms with Crippen molar-refractivity contribution in [3.05, 3.63) is 28.7 Å². The van der Waals surface area contributed by atoms with Gasteiger partial charge in [0.25, 0.3) is 0 Å². The molecular formula is C7H5BrNS. The Balaban J connectivity index is 2.78. The Labute approximate surface area is 73.6 Å². The number of nitrogens with one attached hydrogen (secondary N) is 1. The molecule has 1 rings (SSSR count). The third kappa shape index (κ3) is 2.08. The van der Waals surface area contributed by atoms with Crippen molar-refractivity contribution in [2.75, 3.05) is 5.32 Å². The Bertz CT molecular complexity index is 220. The summed E-state index contributed by atoms with van der Waals surface area (Å²) in [6.45, 7) is 0. The first-order valence-corrected chi connectivity index (χ1v) is 3.92. The molecule has 0 aliphatic carbocycles. The van der Waals surface area contributed by atoms with E-state index in [1.165, 1.54) is 0 Å². The maximum absolute atomic E-state index is 4.49. The molecule has 1 N–H and O–H groups in total. The molecule has 0 unspecified atom stereocenters. The van der Waals surface area contributed by atoms with Crippen LogP contribution in [0.4, 0.5) is 5.69 Å². The molecule has 1 nitrogen and oxygen atoms in total. The molecule has 0 bridgehead atoms. The van der Waals surface area contributed by atoms with Crippen LogP contribution in [0.3, 0.4) is 0 Å². The van der Waals surface area contributed by atoms with Crippen molar-refractivity contribution < 1.29 is 0 Å². The van der Waals surface area contributed by atoms with Crippen LogP contribution in [0.1, 0.15) is 0 Å². The van der Waals surface area contributed by atoms with Crippen molar-refractivity contribution in [1.29, 1.82) is 0 Å². The summed E-state index contributed by atoms with van der Waals surface area (Å²) in [4.78, 5) is 0. The van der Waals surface area contributed by atoms with Crippen LogP contribution < -0.4 is 5.32 Å². The van der Waals surface area contributed by atoms with E-state index < -0.39 is 0 Å². The Kier molecular flexibility index (Phi) is 2.83. The summed E-state index contributed by atoms with van der Waals surface area (Å²) >= 11 is 7.82. The van der Waals surface area contributed by atoms with Gasteiger partial charge in [-0.05, 0) is 24.3 Å². The minimum absolute atomic E-state index is 0.957. The molecule has 0 spiro atoms. The Morgan fingerprint density at radius 2 is 1.90 bits per heavy atom. The number of benzene rings is 1. The molecule has 0 amide bonds. The summed E-state index contributed by atoms with van der Waals surface area (Å²) in [7, 11) is 0. The second kappa shape index (κ2) is 3.68. The fourth-order valence-corrected chi connectivity index (χ4v) is 0.974. The summed E-state index contributed by atoms with van der Waals surface area (Å²) in [5.41, 5.74) is 3.38. The summed E-state index contributed by atoms with van der Waals surface area (Å²) in [5.74, 6) is 0. The predicted octanol–water partition coefficient (Wildman–Crippen LogP) is 2.70. The zero-order chi connectivity index (χ0) is 7.40. The lowest BCUT2D eigenvalue weighted by atomic mass is 10.3. The topological polar surface area (TPSA) is 12.0 Å². The van der Waals surface area contributed by atoms with Gasteiger partial charge in [-0.2, -0.15) is 0 Å². The molecule has 0 aliphatic heterocycles. The second-order valence-corrected chi connectivity index (χ2v) is 2.85. The summed E-state index contributed by atoms with van der Waals surface area (Å²) in [6.07, 6.45) is 0. The number of hydrogen-bond donors (Lipinski definition) is 1. The van der Waals surface area contributed by atoms with Crippen LogP contribution in [0.5, 0.6) is 0 Å². The zero-order valence-corrected chi connectivity index (χ0v) is 7.50. The first-order chi connectivity index (χ1) is 4.83. The Morgan fingerprint density at radius 3 is 2.40 bits per heavy atom. The quantitative estimate of drug-likeness (QED) is 0.601. The van der Waals surface area contributed by atoms with Gasteiger partial charge in [-0.1, -0.05) is 28.1 Å². The maximum atomic E-state index is 4.49. The number of anilines is 1. The van der Waals surface area contributed by atoms with Gasteiger partial charge in [0.15, 0.2) is 0 Å². The number of halogens is 1. The highest BCUT2D eigenvalue weighted by atomic mass is 79.9. The normalized spacial score (nSPS) is 8.90. The van der Waals surface area contributed by atoms with E-state index in [2.05, 4.69) is 39.0 Å². The molecule has 1 aromatic rings. The fourth-order valence-electron chi connectivity index (χ4n) is 0.592. The molecule has 0 saturated heterocycles. The average molecular weight is 215 g/mol. The predicted molar refractivity (Wildman–Crippen MR) is 50.4 cm³/mol. The molecule has 0 heterocycles. The van der Waals surface area contributed by atoms with Crippen molar-refractivity contribution in [1.82, 2.24) is 0 Å². The molecule has 1 aromatic carbocycles. The molecule has 10 heavy (non-hydrogen) atoms. The molecule has 0 aliphatic rings. The van der Waals surface area contributed by atoms with Crippen LogP contribution in [0.2, 0.25) is 0 Å². The third-order valence-electron chi connectivity index (χ3n) is 1.04. The van der Waals surface area contributed by atoms with E-state index in [-0.39, 0.29) is 0 Å². The number of rotatable bonds is 2. The van der Waals surface area contributed by atoms with E-state index in [0.29, 0.717) is 0 Å². The monoisotopic (exact) mass is 214 g/mol. The van der Waals surface area contributed by atoms with Crippen molar-refractivity contribution in [3.8, 4) is 0 Å². The smallest absolute Gasteiger partial charge is 0.138 e. The molecule has 0 atom stereocenters. The van der Waals surface area contributed by atoms with Gasteiger partial charge in [0.1, 0.15) is 5.49 Å². The average Bonchev–Trinajstić information content (AvgIpc) is 1.95. The van der Waals surface area contributed by atoms with E-state index in [9.17, 15) is 0 Å². The van der Waals surface area contributed by atoms with Crippen molar-refractivity contribution in [2.45, 2.75) is 0 Å². The molecule has 0 saturated carbocycles. The van der Waals surface area contributed by atoms with Gasteiger partial charge in [0.2, 0.25) is 0 Å². The minimum atomic E-state index is 0.957. The lowest BCUT2D eigenvalue weighted by Crippen LogP contribution is -1.89. The van der Waals surface area contributed by atoms with Crippen LogP contribution in [0.15, 0.2) is 28.7 Å². The molecule has 1 radical (unpaired) electrons. The van der Waals surface area contributed by atoms with Crippen molar-refractivity contribution >= 4 is 39.3 Å². The lowest BCUT2D eigenvalue weighted by molar-refractivity contribution is 1.62. The maximum Gasteiger partial charge on any atom is 0.138 e. The van der Waals surface area contributed by atoms with E-state index in [4.69, 9.17) is 0 Å². The van der Waals surface area contributed by atoms with E-state index >= 15 is 0 Å². The van der Waals surface area contributed by atoms with Crippen LogP contribution in [-0.2, 0) is 0 Å². The van der Waals surface area contributed by atoms with E-state index in [1.54, 1.807) is 0 Å². The van der Waals surface area contributed by atoms with Crippen LogP contribution in [0, 0.1) is 0 Å². The van der Waals surface area contributed by atoms with Gasteiger partial charge in [-0.3, -0.25) is 0 Å². The molecule has 3 heteroatoms. The summed E-state index contributed by atoms with van der Waals surface area (Å²) in [6, 6.07) is 7.72. The largest absolute Gasteiger partial charge is 0.344 e. The van der Waals surface area contributed by atoms with Crippen LogP contribution in [-0.4, -0.2) is 5.49 Å². The highest BCUT2D eigenvalue weighted by Crippen LogP contribution is 2.13. The van der Waals surface area contributed by atoms with E-state index in [0.717, 1.165) is 10.2 Å². The highest BCUT2D eigenvalue weighted by Gasteiger charge is 1.86. The zero-order valence-electron chi connectivity index (χ0n) is 5.10. The number of thiocarbonyl (C=S) groups is 1. The van der Waals surface area contributed by atoms with Crippen molar-refractivity contribution in [3.63, 3.8) is 0 Å². The SMILES string of the molecule is S=[C]Nc1ccc(Br)cc1. The van der Waals surface area contributed by atoms with Gasteiger partial charge in [-0.25, -0.2) is 0 Å². The van der Waals surface area contributed by atoms with Gasteiger partial charge >= 0.3 is 0 Å². The highest BCUT2D eigenvalue weighted by molar-refractivity contribution is 9.10. The summed E-state index contributed by atoms with van der Waals surface area (Å²) < 4.78 is 1.06. The first kappa shape index (κ1) is 7.69. The van der Waals surface area contributed by atoms with Crippen molar-refractivity contribution in [2.24, 2.45) is 0 Å². The summed E-state index contributed by atoms with van der Waals surface area (Å²) in [5, 5.41) is 2.78. The van der Waals surface area contributed by atoms with Crippen LogP contribution in [0.25, 0.3) is 0 Å². The molecule has 0 aromatic heterocycles. The van der Waals surface area contributed by atoms with Crippen LogP contribution >= 0.6 is 28.1 Å². The van der Waals surface area contributed by atoms with Gasteiger partial charge < -0.3 is 5.32 Å². The standard InChI is InChI=1S/C7H5BrNS/c8-6-1-3-7(4-2-6)9-5-10/h1-4H,(H,9,10). The third-order valence-corrected chi connectivity index (χ3v) is 1.67. The lowest BCUT2D eigenvalue weighted by Gasteiger charge is -1.96. The second-order valence-electron chi connectivity index (χ2n) is 1.73. The molecular weight excluding hydrogens is 210 g/mol. The number of hydrogen-bond acceptors (Lipinski definition) is 1. The Hall–Kier alpha value is -0.410. The van der Waals surface area contributed by atoms with Gasteiger partial charge in [0, 0.05) is 10.2 Å². The van der Waals surface area contributed by atoms with Gasteiger partial charge in [0.05, 0.1) is 0 Å². The van der Waals surface area contributed by atoms with Gasteiger partial charge in [-0.15, -0.1) is 0 Å². The Morgan fingerprint density at radius 1 is 1.30 bits per heavy atom. The minimum Gasteiger partial charge on any atom is -0.344 e. The van der Waals surface area contributed by atoms with E-state index in [1.807, 2.05) is 24.3 Å². The fraction of sp³-hybridized carbons (Fsp3) is 0.